The van der Waals surface area contributed by atoms with E-state index in [-0.39, 0.29) is 18.0 Å². The molecule has 7 heteroatoms. The van der Waals surface area contributed by atoms with E-state index >= 15 is 0 Å². The molecule has 2 aliphatic heterocycles. The van der Waals surface area contributed by atoms with Gasteiger partial charge < -0.3 is 20.5 Å². The van der Waals surface area contributed by atoms with E-state index in [1.165, 1.54) is 6.92 Å². The van der Waals surface area contributed by atoms with E-state index in [2.05, 4.69) is 10.6 Å². The Morgan fingerprint density at radius 2 is 2.23 bits per heavy atom. The van der Waals surface area contributed by atoms with Gasteiger partial charge in [-0.3, -0.25) is 9.59 Å². The van der Waals surface area contributed by atoms with Crippen molar-refractivity contribution < 1.29 is 19.4 Å². The van der Waals surface area contributed by atoms with Crippen molar-refractivity contribution in [3.05, 3.63) is 17.7 Å². The van der Waals surface area contributed by atoms with Crippen LogP contribution >= 0.6 is 0 Å². The van der Waals surface area contributed by atoms with E-state index in [1.54, 1.807) is 6.07 Å². The van der Waals surface area contributed by atoms with E-state index in [1.807, 2.05) is 17.9 Å². The van der Waals surface area contributed by atoms with E-state index < -0.39 is 6.23 Å². The molecule has 2 aliphatic rings. The topological polar surface area (TPSA) is 90.9 Å². The Morgan fingerprint density at radius 3 is 2.92 bits per heavy atom. The Bertz CT molecular complexity index is 692. The number of aliphatic hydroxyl groups excluding tert-OH is 1. The van der Waals surface area contributed by atoms with Gasteiger partial charge in [-0.25, -0.2) is 4.90 Å². The molecule has 7 nitrogen and oxygen atoms in total. The van der Waals surface area contributed by atoms with Gasteiger partial charge in [0, 0.05) is 25.5 Å². The van der Waals surface area contributed by atoms with Crippen LogP contribution in [0.3, 0.4) is 0 Å². The summed E-state index contributed by atoms with van der Waals surface area (Å²) in [5.41, 5.74) is 2.09. The third kappa shape index (κ3) is 3.99. The Hall–Kier alpha value is -2.12. The van der Waals surface area contributed by atoms with Crippen LogP contribution < -0.4 is 15.4 Å². The maximum atomic E-state index is 11.8. The molecule has 0 bridgehead atoms. The fraction of sp³-hybridized carbons (Fsp3) is 0.579. The van der Waals surface area contributed by atoms with E-state index in [9.17, 15) is 14.7 Å². The van der Waals surface area contributed by atoms with E-state index in [4.69, 9.17) is 4.74 Å². The molecule has 0 aromatic heterocycles. The minimum Gasteiger partial charge on any atom is -0.475 e. The molecule has 26 heavy (non-hydrogen) atoms. The lowest BCUT2D eigenvalue weighted by atomic mass is 10.00. The number of carbonyl (C=O) groups is 2. The summed E-state index contributed by atoms with van der Waals surface area (Å²) in [7, 11) is 0. The summed E-state index contributed by atoms with van der Waals surface area (Å²) >= 11 is 0. The van der Waals surface area contributed by atoms with Crippen molar-refractivity contribution in [2.24, 2.45) is 0 Å². The first-order valence-electron chi connectivity index (χ1n) is 9.33. The van der Waals surface area contributed by atoms with Crippen LogP contribution in [-0.4, -0.2) is 40.8 Å². The van der Waals surface area contributed by atoms with Crippen molar-refractivity contribution in [2.75, 3.05) is 17.2 Å². The van der Waals surface area contributed by atoms with Crippen molar-refractivity contribution in [1.82, 2.24) is 4.90 Å². The van der Waals surface area contributed by atoms with Crippen LogP contribution in [-0.2, 0) is 16.0 Å². The van der Waals surface area contributed by atoms with Crippen molar-refractivity contribution in [2.45, 2.75) is 64.8 Å². The number of amides is 2. The number of anilines is 2. The predicted octanol–water partition coefficient (Wildman–Crippen LogP) is 2.45. The Kier molecular flexibility index (Phi) is 5.78. The molecule has 142 valence electrons. The number of fused-ring (bicyclic) bond motifs is 1. The summed E-state index contributed by atoms with van der Waals surface area (Å²) in [4.78, 5) is 25.3. The zero-order valence-electron chi connectivity index (χ0n) is 15.4. The average Bonchev–Trinajstić information content (AvgIpc) is 2.61. The maximum absolute atomic E-state index is 11.8. The quantitative estimate of drug-likeness (QED) is 0.749. The number of aliphatic hydroxyl groups is 1. The van der Waals surface area contributed by atoms with Gasteiger partial charge in [-0.05, 0) is 44.2 Å². The van der Waals surface area contributed by atoms with Crippen molar-refractivity contribution in [3.63, 3.8) is 0 Å². The largest absolute Gasteiger partial charge is 0.475 e. The third-order valence-electron chi connectivity index (χ3n) is 4.94. The number of carbonyl (C=O) groups excluding carboxylic acids is 2. The molecule has 3 N–H and O–H groups in total. The molecule has 3 rings (SSSR count). The first kappa shape index (κ1) is 18.7. The van der Waals surface area contributed by atoms with Gasteiger partial charge in [0.2, 0.25) is 11.8 Å². The van der Waals surface area contributed by atoms with Gasteiger partial charge in [0.05, 0.1) is 11.4 Å². The summed E-state index contributed by atoms with van der Waals surface area (Å²) in [6.45, 7) is 4.28. The number of hydrogen-bond acceptors (Lipinski definition) is 5. The van der Waals surface area contributed by atoms with Crippen LogP contribution in [0.15, 0.2) is 12.1 Å². The van der Waals surface area contributed by atoms with Gasteiger partial charge in [0.25, 0.3) is 0 Å². The van der Waals surface area contributed by atoms with Crippen molar-refractivity contribution >= 4 is 23.2 Å². The summed E-state index contributed by atoms with van der Waals surface area (Å²) in [6.07, 6.45) is 3.81. The molecule has 2 unspecified atom stereocenters. The number of nitrogens with one attached hydrogen (secondary N) is 2. The summed E-state index contributed by atoms with van der Waals surface area (Å²) < 4.78 is 6.27. The molecule has 0 radical (unpaired) electrons. The average molecular weight is 361 g/mol. The lowest BCUT2D eigenvalue weighted by Crippen LogP contribution is -2.48. The normalized spacial score (nSPS) is 21.5. The molecule has 0 aliphatic carbocycles. The second-order valence-electron chi connectivity index (χ2n) is 6.89. The zero-order valence-corrected chi connectivity index (χ0v) is 15.4. The third-order valence-corrected chi connectivity index (χ3v) is 4.94. The number of ether oxygens (including phenoxy) is 1. The van der Waals surface area contributed by atoms with Crippen molar-refractivity contribution in [3.8, 4) is 5.75 Å². The Labute approximate surface area is 153 Å². The highest BCUT2D eigenvalue weighted by Crippen LogP contribution is 2.38. The molecular weight excluding hydrogens is 334 g/mol. The predicted molar refractivity (Wildman–Crippen MR) is 99.0 cm³/mol. The lowest BCUT2D eigenvalue weighted by molar-refractivity contribution is -0.116. The summed E-state index contributed by atoms with van der Waals surface area (Å²) in [6, 6.07) is 3.58. The Balaban J connectivity index is 1.88. The highest BCUT2D eigenvalue weighted by molar-refractivity contribution is 6.02. The summed E-state index contributed by atoms with van der Waals surface area (Å²) in [5.74, 6) is 0.432. The molecule has 1 aromatic carbocycles. The summed E-state index contributed by atoms with van der Waals surface area (Å²) in [5, 5.41) is 15.9. The molecule has 2 atom stereocenters. The molecule has 1 aromatic rings. The SMILES string of the molecule is CCC(Oc1ccc(NC(C)=O)c2c1CCC(=O)N2)N1CCCCC1O. The molecule has 1 saturated heterocycles. The molecule has 2 heterocycles. The second kappa shape index (κ2) is 8.05. The first-order valence-corrected chi connectivity index (χ1v) is 9.33. The second-order valence-corrected chi connectivity index (χ2v) is 6.89. The standard InChI is InChI=1S/C19H27N3O4/c1-3-18(22-11-5-4-6-17(22)25)26-15-9-8-14(20-12(2)23)19-13(15)7-10-16(24)21-19/h8-9,17-18,25H,3-7,10-11H2,1-2H3,(H,20,23)(H,21,24). The van der Waals surface area contributed by atoms with E-state index in [0.717, 1.165) is 37.8 Å². The van der Waals surface area contributed by atoms with Gasteiger partial charge in [0.1, 0.15) is 12.0 Å². The van der Waals surface area contributed by atoms with Crippen molar-refractivity contribution in [1.29, 1.82) is 0 Å². The fourth-order valence-electron chi connectivity index (χ4n) is 3.67. The minimum absolute atomic E-state index is 0.0697. The highest BCUT2D eigenvalue weighted by Gasteiger charge is 2.29. The number of rotatable bonds is 5. The molecule has 1 fully saturated rings. The molecule has 2 amide bonds. The number of piperidine rings is 1. The molecule has 0 saturated carbocycles. The van der Waals surface area contributed by atoms with Crippen LogP contribution in [0.4, 0.5) is 11.4 Å². The van der Waals surface area contributed by atoms with Gasteiger partial charge in [0.15, 0.2) is 6.23 Å². The van der Waals surface area contributed by atoms with Crippen LogP contribution in [0.1, 0.15) is 51.5 Å². The van der Waals surface area contributed by atoms with Crippen LogP contribution in [0, 0.1) is 0 Å². The maximum Gasteiger partial charge on any atom is 0.224 e. The van der Waals surface area contributed by atoms with Crippen LogP contribution in [0.2, 0.25) is 0 Å². The minimum atomic E-state index is -0.483. The van der Waals surface area contributed by atoms with Gasteiger partial charge in [-0.2, -0.15) is 0 Å². The van der Waals surface area contributed by atoms with E-state index in [0.29, 0.717) is 30.0 Å². The first-order chi connectivity index (χ1) is 12.5. The molecule has 0 spiro atoms. The van der Waals surface area contributed by atoms with Crippen LogP contribution in [0.25, 0.3) is 0 Å². The number of likely N-dealkylation sites (tertiary alicyclic amines) is 1. The van der Waals surface area contributed by atoms with Crippen LogP contribution in [0.5, 0.6) is 5.75 Å². The monoisotopic (exact) mass is 361 g/mol. The number of nitrogens with zero attached hydrogens (tertiary/aromatic N) is 1. The zero-order chi connectivity index (χ0) is 18.7. The fourth-order valence-corrected chi connectivity index (χ4v) is 3.67. The van der Waals surface area contributed by atoms with Gasteiger partial charge >= 0.3 is 0 Å². The Morgan fingerprint density at radius 1 is 1.42 bits per heavy atom. The van der Waals surface area contributed by atoms with Gasteiger partial charge in [-0.1, -0.05) is 6.92 Å². The lowest BCUT2D eigenvalue weighted by Gasteiger charge is -2.38. The number of benzene rings is 1. The molecular formula is C19H27N3O4. The highest BCUT2D eigenvalue weighted by atomic mass is 16.5. The van der Waals surface area contributed by atoms with Gasteiger partial charge in [-0.15, -0.1) is 0 Å². The smallest absolute Gasteiger partial charge is 0.224 e. The number of hydrogen-bond donors (Lipinski definition) is 3.